The number of carboxylic acids is 1. The predicted octanol–water partition coefficient (Wildman–Crippen LogP) is -2.06. The fourth-order valence-corrected chi connectivity index (χ4v) is 2.65. The molecule has 0 fully saturated rings. The molecule has 0 saturated carbocycles. The van der Waals surface area contributed by atoms with Crippen molar-refractivity contribution in [2.75, 3.05) is 17.8 Å². The zero-order chi connectivity index (χ0) is 21.1. The van der Waals surface area contributed by atoms with Gasteiger partial charge in [-0.15, -0.1) is 0 Å². The Bertz CT molecular complexity index is 532. The van der Waals surface area contributed by atoms with Crippen molar-refractivity contribution in [2.24, 2.45) is 5.73 Å². The van der Waals surface area contributed by atoms with Gasteiger partial charge >= 0.3 is 5.97 Å². The number of thioether (sulfide) groups is 1. The van der Waals surface area contributed by atoms with Gasteiger partial charge in [0.15, 0.2) is 6.04 Å². The molecule has 0 saturated heterocycles. The molecule has 0 aromatic heterocycles. The van der Waals surface area contributed by atoms with Gasteiger partial charge in [0.25, 0.3) is 0 Å². The summed E-state index contributed by atoms with van der Waals surface area (Å²) in [5.74, 6) is -2.88. The molecule has 5 unspecified atom stereocenters. The monoisotopic (exact) mass is 424 g/mol. The topological polar surface area (TPSA) is 171 Å². The highest BCUT2D eigenvalue weighted by atomic mass is 32.2. The Balaban J connectivity index is 5.09. The smallest absolute Gasteiger partial charge is 0.328 e. The maximum Gasteiger partial charge on any atom is 0.328 e. The Hall–Kier alpha value is -1.50. The number of carbonyl (C=O) groups excluding carboxylic acids is 3. The third-order valence-electron chi connectivity index (χ3n) is 3.52. The van der Waals surface area contributed by atoms with Crippen molar-refractivity contribution in [1.82, 2.24) is 16.0 Å². The second kappa shape index (κ2) is 12.8. The Labute approximate surface area is 167 Å². The summed E-state index contributed by atoms with van der Waals surface area (Å²) >= 11 is 5.48. The van der Waals surface area contributed by atoms with Gasteiger partial charge in [0.05, 0.1) is 12.1 Å². The number of amides is 3. The summed E-state index contributed by atoms with van der Waals surface area (Å²) in [4.78, 5) is 47.6. The Kier molecular flexibility index (Phi) is 12.1. The van der Waals surface area contributed by atoms with E-state index in [0.29, 0.717) is 12.2 Å². The molecule has 0 aliphatic heterocycles. The second-order valence-corrected chi connectivity index (χ2v) is 7.29. The van der Waals surface area contributed by atoms with E-state index in [2.05, 4.69) is 28.6 Å². The number of carbonyl (C=O) groups is 4. The molecule has 0 heterocycles. The molecule has 0 aliphatic carbocycles. The molecule has 10 nitrogen and oxygen atoms in total. The van der Waals surface area contributed by atoms with Gasteiger partial charge in [0.1, 0.15) is 12.1 Å². The minimum Gasteiger partial charge on any atom is -0.480 e. The van der Waals surface area contributed by atoms with Crippen LogP contribution in [0.1, 0.15) is 20.3 Å². The first-order valence-electron chi connectivity index (χ1n) is 8.22. The molecule has 0 aromatic rings. The van der Waals surface area contributed by atoms with E-state index in [9.17, 15) is 24.3 Å². The molecule has 0 radical (unpaired) electrons. The van der Waals surface area contributed by atoms with Crippen molar-refractivity contribution in [2.45, 2.75) is 50.5 Å². The molecule has 0 bridgehead atoms. The van der Waals surface area contributed by atoms with Gasteiger partial charge in [-0.2, -0.15) is 24.4 Å². The zero-order valence-electron chi connectivity index (χ0n) is 15.5. The number of nitrogens with one attached hydrogen (secondary N) is 3. The van der Waals surface area contributed by atoms with Gasteiger partial charge in [0, 0.05) is 5.75 Å². The number of aliphatic carboxylic acids is 1. The van der Waals surface area contributed by atoms with Crippen LogP contribution < -0.4 is 21.7 Å². The maximum absolute atomic E-state index is 12.5. The number of aliphatic hydroxyl groups is 1. The molecule has 0 aliphatic rings. The molecule has 3 amide bonds. The lowest BCUT2D eigenvalue weighted by molar-refractivity contribution is -0.145. The molecule has 156 valence electrons. The van der Waals surface area contributed by atoms with Gasteiger partial charge in [-0.25, -0.2) is 4.79 Å². The number of carboxylic acid groups (broad SMARTS) is 1. The van der Waals surface area contributed by atoms with Crippen LogP contribution in [0.3, 0.4) is 0 Å². The molecular weight excluding hydrogens is 396 g/mol. The summed E-state index contributed by atoms with van der Waals surface area (Å²) in [7, 11) is 0. The molecule has 0 rings (SSSR count). The van der Waals surface area contributed by atoms with Crippen LogP contribution in [0.5, 0.6) is 0 Å². The number of thiol groups is 1. The highest BCUT2D eigenvalue weighted by Gasteiger charge is 2.30. The van der Waals surface area contributed by atoms with Crippen LogP contribution in [0, 0.1) is 0 Å². The first-order valence-corrected chi connectivity index (χ1v) is 10.2. The SMILES string of the molecule is CSCCC(NC(=O)C(C)N)C(=O)NC(CS)C(=O)NC(C(=O)O)C(C)O. The van der Waals surface area contributed by atoms with Gasteiger partial charge in [0.2, 0.25) is 17.7 Å². The van der Waals surface area contributed by atoms with Crippen LogP contribution in [-0.2, 0) is 19.2 Å². The van der Waals surface area contributed by atoms with Crippen molar-refractivity contribution in [3.63, 3.8) is 0 Å². The molecular formula is C15H28N4O6S2. The lowest BCUT2D eigenvalue weighted by Crippen LogP contribution is -2.58. The summed E-state index contributed by atoms with van der Waals surface area (Å²) < 4.78 is 0. The van der Waals surface area contributed by atoms with E-state index in [1.807, 2.05) is 6.26 Å². The number of nitrogens with two attached hydrogens (primary N) is 1. The number of aliphatic hydroxyl groups excluding tert-OH is 1. The summed E-state index contributed by atoms with van der Waals surface area (Å²) in [6, 6.07) is -4.38. The third-order valence-corrected chi connectivity index (χ3v) is 4.53. The fraction of sp³-hybridized carbons (Fsp3) is 0.733. The molecule has 5 atom stereocenters. The van der Waals surface area contributed by atoms with E-state index in [4.69, 9.17) is 10.8 Å². The predicted molar refractivity (Wildman–Crippen MR) is 106 cm³/mol. The van der Waals surface area contributed by atoms with E-state index in [1.54, 1.807) is 0 Å². The maximum atomic E-state index is 12.5. The first-order chi connectivity index (χ1) is 12.5. The third kappa shape index (κ3) is 9.31. The van der Waals surface area contributed by atoms with E-state index in [-0.39, 0.29) is 5.75 Å². The normalized spacial score (nSPS) is 16.4. The van der Waals surface area contributed by atoms with Crippen molar-refractivity contribution >= 4 is 48.1 Å². The van der Waals surface area contributed by atoms with Crippen molar-refractivity contribution in [3.05, 3.63) is 0 Å². The summed E-state index contributed by atoms with van der Waals surface area (Å²) in [6.07, 6.45) is 0.828. The lowest BCUT2D eigenvalue weighted by atomic mass is 10.1. The highest BCUT2D eigenvalue weighted by Crippen LogP contribution is 2.03. The minimum absolute atomic E-state index is 0.111. The van der Waals surface area contributed by atoms with Gasteiger partial charge in [-0.3, -0.25) is 14.4 Å². The van der Waals surface area contributed by atoms with Crippen molar-refractivity contribution in [3.8, 4) is 0 Å². The fourth-order valence-electron chi connectivity index (χ4n) is 1.92. The summed E-state index contributed by atoms with van der Waals surface area (Å²) in [5.41, 5.74) is 5.50. The van der Waals surface area contributed by atoms with E-state index in [1.165, 1.54) is 25.6 Å². The van der Waals surface area contributed by atoms with Gasteiger partial charge in [-0.1, -0.05) is 0 Å². The van der Waals surface area contributed by atoms with E-state index < -0.39 is 54.0 Å². The van der Waals surface area contributed by atoms with Crippen LogP contribution in [0.2, 0.25) is 0 Å². The average Bonchev–Trinajstić information content (AvgIpc) is 2.59. The number of rotatable bonds is 12. The van der Waals surface area contributed by atoms with E-state index >= 15 is 0 Å². The summed E-state index contributed by atoms with van der Waals surface area (Å²) in [5, 5.41) is 25.6. The molecule has 0 aromatic carbocycles. The highest BCUT2D eigenvalue weighted by molar-refractivity contribution is 7.98. The number of hydrogen-bond donors (Lipinski definition) is 7. The van der Waals surface area contributed by atoms with Crippen LogP contribution in [0.15, 0.2) is 0 Å². The Morgan fingerprint density at radius 3 is 1.96 bits per heavy atom. The number of hydrogen-bond acceptors (Lipinski definition) is 8. The Morgan fingerprint density at radius 2 is 1.56 bits per heavy atom. The van der Waals surface area contributed by atoms with E-state index in [0.717, 1.165) is 0 Å². The van der Waals surface area contributed by atoms with Gasteiger partial charge in [-0.05, 0) is 32.3 Å². The molecule has 0 spiro atoms. The Morgan fingerprint density at radius 1 is 1.04 bits per heavy atom. The molecule has 27 heavy (non-hydrogen) atoms. The van der Waals surface area contributed by atoms with Crippen LogP contribution >= 0.6 is 24.4 Å². The average molecular weight is 425 g/mol. The standard InChI is InChI=1S/C15H28N4O6S2/c1-7(16)12(21)17-9(4-5-27-3)13(22)18-10(6-26)14(23)19-11(8(2)20)15(24)25/h7-11,20,26H,4-6,16H2,1-3H3,(H,17,21)(H,18,22)(H,19,23)(H,24,25). The van der Waals surface area contributed by atoms with Crippen molar-refractivity contribution < 1.29 is 29.4 Å². The van der Waals surface area contributed by atoms with Crippen LogP contribution in [0.25, 0.3) is 0 Å². The minimum atomic E-state index is -1.53. The van der Waals surface area contributed by atoms with Gasteiger partial charge < -0.3 is 31.9 Å². The van der Waals surface area contributed by atoms with Crippen LogP contribution in [0.4, 0.5) is 0 Å². The lowest BCUT2D eigenvalue weighted by Gasteiger charge is -2.24. The quantitative estimate of drug-likeness (QED) is 0.175. The zero-order valence-corrected chi connectivity index (χ0v) is 17.2. The molecule has 7 N–H and O–H groups in total. The largest absolute Gasteiger partial charge is 0.480 e. The first kappa shape index (κ1) is 25.5. The van der Waals surface area contributed by atoms with Crippen molar-refractivity contribution in [1.29, 1.82) is 0 Å². The molecule has 12 heteroatoms. The second-order valence-electron chi connectivity index (χ2n) is 5.94. The van der Waals surface area contributed by atoms with Crippen LogP contribution in [-0.4, -0.2) is 81.9 Å². The summed E-state index contributed by atoms with van der Waals surface area (Å²) in [6.45, 7) is 2.69.